The first-order valence-corrected chi connectivity index (χ1v) is 3.96. The second-order valence-electron chi connectivity index (χ2n) is 1.56. The first-order chi connectivity index (χ1) is 4.31. The van der Waals surface area contributed by atoms with Crippen molar-refractivity contribution in [2.75, 3.05) is 0 Å². The number of rotatable bonds is 0. The highest BCUT2D eigenvalue weighted by Gasteiger charge is 1.98. The molecule has 0 unspecified atom stereocenters. The quantitative estimate of drug-likeness (QED) is 0.590. The van der Waals surface area contributed by atoms with Gasteiger partial charge in [-0.25, -0.2) is 0 Å². The maximum absolute atomic E-state index is 10.2. The summed E-state index contributed by atoms with van der Waals surface area (Å²) in [6.07, 6.45) is 5.24. The van der Waals surface area contributed by atoms with E-state index in [0.29, 0.717) is 0 Å². The Morgan fingerprint density at radius 2 is 2.33 bits per heavy atom. The lowest BCUT2D eigenvalue weighted by Crippen LogP contribution is -1.80. The maximum atomic E-state index is 10.2. The lowest BCUT2D eigenvalue weighted by Gasteiger charge is -1.71. The van der Waals surface area contributed by atoms with Gasteiger partial charge in [-0.1, -0.05) is 35.2 Å². The Labute approximate surface area is 69.0 Å². The van der Waals surface area contributed by atoms with Gasteiger partial charge in [-0.05, 0) is 16.6 Å². The Bertz CT molecular complexity index is 127. The SMILES string of the molecule is C=CI.O=C1C=CCC1. The van der Waals surface area contributed by atoms with Crippen LogP contribution in [0.3, 0.4) is 0 Å². The standard InChI is InChI=1S/C5H6O.C2H3I/c6-5-3-1-2-4-5;1-2-3/h1,3H,2,4H2;2H,1H2. The maximum Gasteiger partial charge on any atom is 0.155 e. The second kappa shape index (κ2) is 6.01. The molecular weight excluding hydrogens is 227 g/mol. The highest BCUT2D eigenvalue weighted by Crippen LogP contribution is 2.01. The third kappa shape index (κ3) is 5.76. The lowest BCUT2D eigenvalue weighted by atomic mass is 10.3. The van der Waals surface area contributed by atoms with Gasteiger partial charge >= 0.3 is 0 Å². The average molecular weight is 236 g/mol. The van der Waals surface area contributed by atoms with E-state index in [1.807, 2.05) is 6.08 Å². The van der Waals surface area contributed by atoms with Gasteiger partial charge in [0.2, 0.25) is 0 Å². The molecule has 0 aromatic rings. The summed E-state index contributed by atoms with van der Waals surface area (Å²) in [5.74, 6) is 0.273. The molecule has 1 rings (SSSR count). The van der Waals surface area contributed by atoms with E-state index in [0.717, 1.165) is 12.8 Å². The van der Waals surface area contributed by atoms with Crippen molar-refractivity contribution in [3.8, 4) is 0 Å². The largest absolute Gasteiger partial charge is 0.295 e. The fourth-order valence-corrected chi connectivity index (χ4v) is 0.524. The van der Waals surface area contributed by atoms with Gasteiger partial charge in [-0.3, -0.25) is 4.79 Å². The summed E-state index contributed by atoms with van der Waals surface area (Å²) in [5, 5.41) is 0. The van der Waals surface area contributed by atoms with Crippen molar-refractivity contribution in [3.63, 3.8) is 0 Å². The minimum atomic E-state index is 0.273. The van der Waals surface area contributed by atoms with Gasteiger partial charge in [-0.2, -0.15) is 0 Å². The number of halogens is 1. The summed E-state index contributed by atoms with van der Waals surface area (Å²) in [7, 11) is 0. The van der Waals surface area contributed by atoms with Gasteiger partial charge in [-0.15, -0.1) is 0 Å². The number of carbonyl (C=O) groups is 1. The number of ketones is 1. The Hall–Kier alpha value is -0.120. The summed E-state index contributed by atoms with van der Waals surface area (Å²) in [6, 6.07) is 0. The van der Waals surface area contributed by atoms with Crippen LogP contribution in [-0.4, -0.2) is 5.78 Å². The highest BCUT2D eigenvalue weighted by atomic mass is 127. The Kier molecular flexibility index (Phi) is 5.93. The van der Waals surface area contributed by atoms with Crippen molar-refractivity contribution in [3.05, 3.63) is 22.8 Å². The van der Waals surface area contributed by atoms with Crippen LogP contribution in [-0.2, 0) is 4.79 Å². The zero-order chi connectivity index (χ0) is 7.11. The van der Waals surface area contributed by atoms with Gasteiger partial charge in [0.1, 0.15) is 0 Å². The Balaban J connectivity index is 0.000000187. The fourth-order valence-electron chi connectivity index (χ4n) is 0.524. The minimum absolute atomic E-state index is 0.273. The lowest BCUT2D eigenvalue weighted by molar-refractivity contribution is -0.114. The molecule has 50 valence electrons. The molecule has 0 saturated heterocycles. The van der Waals surface area contributed by atoms with E-state index in [9.17, 15) is 4.79 Å². The van der Waals surface area contributed by atoms with Crippen molar-refractivity contribution >= 4 is 28.4 Å². The van der Waals surface area contributed by atoms with E-state index in [2.05, 4.69) is 29.2 Å². The van der Waals surface area contributed by atoms with Gasteiger partial charge in [0.05, 0.1) is 0 Å². The molecule has 0 aromatic heterocycles. The number of allylic oxidation sites excluding steroid dienone is 2. The van der Waals surface area contributed by atoms with Crippen LogP contribution in [0.15, 0.2) is 22.8 Å². The molecule has 0 atom stereocenters. The third-order valence-electron chi connectivity index (χ3n) is 0.861. The van der Waals surface area contributed by atoms with Crippen LogP contribution < -0.4 is 0 Å². The molecule has 1 aliphatic rings. The summed E-state index contributed by atoms with van der Waals surface area (Å²) in [5.41, 5.74) is 0. The average Bonchev–Trinajstić information content (AvgIpc) is 2.20. The van der Waals surface area contributed by atoms with Gasteiger partial charge < -0.3 is 0 Å². The van der Waals surface area contributed by atoms with Crippen LogP contribution in [0.25, 0.3) is 0 Å². The normalized spacial score (nSPS) is 14.6. The molecule has 0 amide bonds. The van der Waals surface area contributed by atoms with E-state index in [-0.39, 0.29) is 5.78 Å². The smallest absolute Gasteiger partial charge is 0.155 e. The molecule has 0 spiro atoms. The zero-order valence-corrected chi connectivity index (χ0v) is 7.30. The van der Waals surface area contributed by atoms with Gasteiger partial charge in [0.15, 0.2) is 5.78 Å². The van der Waals surface area contributed by atoms with Crippen molar-refractivity contribution < 1.29 is 4.79 Å². The number of carbonyl (C=O) groups excluding carboxylic acids is 1. The van der Waals surface area contributed by atoms with E-state index >= 15 is 0 Å². The van der Waals surface area contributed by atoms with E-state index in [1.54, 1.807) is 10.2 Å². The Morgan fingerprint density at radius 3 is 2.44 bits per heavy atom. The van der Waals surface area contributed by atoms with Crippen LogP contribution in [0, 0.1) is 0 Å². The van der Waals surface area contributed by atoms with Crippen LogP contribution in [0.5, 0.6) is 0 Å². The second-order valence-corrected chi connectivity index (χ2v) is 2.44. The number of hydrogen-bond donors (Lipinski definition) is 0. The summed E-state index contributed by atoms with van der Waals surface area (Å²) >= 11 is 2.05. The molecule has 0 radical (unpaired) electrons. The number of hydrogen-bond acceptors (Lipinski definition) is 1. The van der Waals surface area contributed by atoms with Crippen molar-refractivity contribution in [1.82, 2.24) is 0 Å². The van der Waals surface area contributed by atoms with Crippen LogP contribution >= 0.6 is 22.6 Å². The molecule has 0 aromatic carbocycles. The molecule has 1 aliphatic carbocycles. The fraction of sp³-hybridized carbons (Fsp3) is 0.286. The zero-order valence-electron chi connectivity index (χ0n) is 5.14. The Morgan fingerprint density at radius 1 is 1.78 bits per heavy atom. The predicted molar refractivity (Wildman–Crippen MR) is 47.6 cm³/mol. The van der Waals surface area contributed by atoms with Crippen LogP contribution in [0.2, 0.25) is 0 Å². The summed E-state index contributed by atoms with van der Waals surface area (Å²) < 4.78 is 1.72. The molecule has 0 fully saturated rings. The monoisotopic (exact) mass is 236 g/mol. The summed E-state index contributed by atoms with van der Waals surface area (Å²) in [4.78, 5) is 10.2. The van der Waals surface area contributed by atoms with Crippen molar-refractivity contribution in [2.24, 2.45) is 0 Å². The van der Waals surface area contributed by atoms with E-state index in [1.165, 1.54) is 0 Å². The summed E-state index contributed by atoms with van der Waals surface area (Å²) in [6.45, 7) is 3.35. The molecule has 0 saturated carbocycles. The predicted octanol–water partition coefficient (Wildman–Crippen LogP) is 2.47. The van der Waals surface area contributed by atoms with E-state index in [4.69, 9.17) is 0 Å². The molecule has 0 N–H and O–H groups in total. The molecule has 1 nitrogen and oxygen atoms in total. The first kappa shape index (κ1) is 8.88. The molecule has 0 bridgehead atoms. The highest BCUT2D eigenvalue weighted by molar-refractivity contribution is 14.1. The first-order valence-electron chi connectivity index (χ1n) is 2.71. The van der Waals surface area contributed by atoms with Gasteiger partial charge in [0, 0.05) is 6.42 Å². The molecule has 9 heavy (non-hydrogen) atoms. The minimum Gasteiger partial charge on any atom is -0.295 e. The third-order valence-corrected chi connectivity index (χ3v) is 0.861. The topological polar surface area (TPSA) is 17.1 Å². The van der Waals surface area contributed by atoms with E-state index < -0.39 is 0 Å². The molecule has 0 aliphatic heterocycles. The van der Waals surface area contributed by atoms with Crippen LogP contribution in [0.1, 0.15) is 12.8 Å². The van der Waals surface area contributed by atoms with Gasteiger partial charge in [0.25, 0.3) is 0 Å². The van der Waals surface area contributed by atoms with Crippen molar-refractivity contribution in [2.45, 2.75) is 12.8 Å². The molecule has 0 heterocycles. The van der Waals surface area contributed by atoms with Crippen molar-refractivity contribution in [1.29, 1.82) is 0 Å². The molecule has 2 heteroatoms. The van der Waals surface area contributed by atoms with Crippen LogP contribution in [0.4, 0.5) is 0 Å². The molecular formula is C7H9IO.